The van der Waals surface area contributed by atoms with Crippen molar-refractivity contribution in [2.24, 2.45) is 22.2 Å². The molecule has 0 aromatic heterocycles. The van der Waals surface area contributed by atoms with Crippen LogP contribution in [0, 0.1) is 22.2 Å². The fourth-order valence-corrected chi connectivity index (χ4v) is 8.70. The molecular formula is C21H36O5S2. The summed E-state index contributed by atoms with van der Waals surface area (Å²) in [7, 11) is -4.06. The Morgan fingerprint density at radius 2 is 1.68 bits per heavy atom. The third kappa shape index (κ3) is 4.51. The van der Waals surface area contributed by atoms with E-state index in [0.717, 1.165) is 5.75 Å². The van der Waals surface area contributed by atoms with Crippen molar-refractivity contribution in [1.82, 2.24) is 0 Å². The molecule has 0 N–H and O–H groups in total. The van der Waals surface area contributed by atoms with Gasteiger partial charge in [-0.2, -0.15) is 0 Å². The summed E-state index contributed by atoms with van der Waals surface area (Å²) < 4.78 is 33.3. The molecule has 7 heteroatoms. The molecular weight excluding hydrogens is 396 g/mol. The zero-order valence-electron chi connectivity index (χ0n) is 18.2. The minimum atomic E-state index is -4.49. The van der Waals surface area contributed by atoms with Crippen LogP contribution >= 0.6 is 0 Å². The topological polar surface area (TPSA) is 91.3 Å². The van der Waals surface area contributed by atoms with Crippen LogP contribution in [0.2, 0.25) is 0 Å². The number of carbonyl (C=O) groups is 2. The molecule has 3 atom stereocenters. The molecule has 0 aromatic carbocycles. The molecule has 2 aliphatic carbocycles. The van der Waals surface area contributed by atoms with Crippen molar-refractivity contribution >= 4 is 32.6 Å². The molecule has 3 fully saturated rings. The minimum absolute atomic E-state index is 0.121. The Kier molecular flexibility index (Phi) is 6.84. The Morgan fingerprint density at radius 3 is 2.04 bits per heavy atom. The first-order chi connectivity index (χ1) is 12.6. The van der Waals surface area contributed by atoms with E-state index < -0.39 is 20.8 Å². The maximum atomic E-state index is 12.0. The number of hydrogen-bond acceptors (Lipinski definition) is 5. The zero-order chi connectivity index (χ0) is 21.5. The molecule has 0 amide bonds. The van der Waals surface area contributed by atoms with Crippen LogP contribution in [0.15, 0.2) is 0 Å². The van der Waals surface area contributed by atoms with Crippen molar-refractivity contribution in [2.45, 2.75) is 78.9 Å². The van der Waals surface area contributed by atoms with E-state index in [1.54, 1.807) is 6.92 Å². The standard InChI is InChI=1S/C11H21OS.C10H16O4S/c1-11(2,3)10(12)9-13-7-5-4-6-8-13;1-9(2)6-4-5-10(9,3)8(11)7(6)15(12,13)14/h4-9H2,1-3H3;6-7H,4-5H2,1-3H3,(H,12,13,14)/q+1;/p-1. The largest absolute Gasteiger partial charge is 0.747 e. The zero-order valence-corrected chi connectivity index (χ0v) is 19.8. The smallest absolute Gasteiger partial charge is 0.187 e. The van der Waals surface area contributed by atoms with E-state index in [0.29, 0.717) is 29.5 Å². The number of Topliss-reactive ketones (excluding diaryl/α,β-unsaturated/α-hetero) is 2. The van der Waals surface area contributed by atoms with E-state index in [-0.39, 0.29) is 22.5 Å². The van der Waals surface area contributed by atoms with Gasteiger partial charge in [0.2, 0.25) is 0 Å². The average molecular weight is 433 g/mol. The molecule has 1 aliphatic heterocycles. The summed E-state index contributed by atoms with van der Waals surface area (Å²) in [6.07, 6.45) is 5.45. The lowest BCUT2D eigenvalue weighted by atomic mass is 9.70. The highest BCUT2D eigenvalue weighted by molar-refractivity contribution is 7.97. The normalized spacial score (nSPS) is 32.8. The monoisotopic (exact) mass is 432 g/mol. The lowest BCUT2D eigenvalue weighted by molar-refractivity contribution is -0.128. The summed E-state index contributed by atoms with van der Waals surface area (Å²) >= 11 is 0. The van der Waals surface area contributed by atoms with E-state index in [4.69, 9.17) is 0 Å². The molecule has 162 valence electrons. The van der Waals surface area contributed by atoms with Crippen LogP contribution in [0.1, 0.15) is 73.6 Å². The first-order valence-corrected chi connectivity index (χ1v) is 13.5. The fourth-order valence-electron chi connectivity index (χ4n) is 4.77. The minimum Gasteiger partial charge on any atom is -0.747 e. The van der Waals surface area contributed by atoms with Gasteiger partial charge in [0, 0.05) is 10.8 Å². The maximum absolute atomic E-state index is 12.0. The summed E-state index contributed by atoms with van der Waals surface area (Å²) in [5.74, 6) is 3.27. The van der Waals surface area contributed by atoms with Crippen molar-refractivity contribution in [3.63, 3.8) is 0 Å². The van der Waals surface area contributed by atoms with Crippen LogP contribution in [0.4, 0.5) is 0 Å². The molecule has 3 rings (SSSR count). The molecule has 5 nitrogen and oxygen atoms in total. The van der Waals surface area contributed by atoms with Gasteiger partial charge in [0.25, 0.3) is 0 Å². The van der Waals surface area contributed by atoms with Crippen LogP contribution in [-0.4, -0.2) is 47.0 Å². The van der Waals surface area contributed by atoms with Crippen LogP contribution in [0.25, 0.3) is 0 Å². The van der Waals surface area contributed by atoms with Gasteiger partial charge >= 0.3 is 0 Å². The molecule has 0 aromatic rings. The van der Waals surface area contributed by atoms with Gasteiger partial charge in [-0.15, -0.1) is 0 Å². The predicted octanol–water partition coefficient (Wildman–Crippen LogP) is 3.33. The number of carbonyl (C=O) groups excluding carboxylic acids is 2. The number of ketones is 2. The van der Waals surface area contributed by atoms with Crippen molar-refractivity contribution in [3.05, 3.63) is 0 Å². The molecule has 28 heavy (non-hydrogen) atoms. The van der Waals surface area contributed by atoms with Gasteiger partial charge in [-0.3, -0.25) is 9.59 Å². The maximum Gasteiger partial charge on any atom is 0.187 e. The SMILES string of the molecule is CC(C)(C)C(=O)C[S+]1CCCCC1.CC12CCC(C(S(=O)(=O)[O-])C1=O)C2(C)C. The Bertz CT molecular complexity index is 714. The summed E-state index contributed by atoms with van der Waals surface area (Å²) in [5, 5.41) is -1.30. The van der Waals surface area contributed by atoms with Crippen molar-refractivity contribution in [3.8, 4) is 0 Å². The summed E-state index contributed by atoms with van der Waals surface area (Å²) in [5.41, 5.74) is -1.11. The van der Waals surface area contributed by atoms with Crippen molar-refractivity contribution in [2.75, 3.05) is 17.3 Å². The quantitative estimate of drug-likeness (QED) is 0.504. The Hall–Kier alpha value is -0.400. The van der Waals surface area contributed by atoms with Crippen molar-refractivity contribution in [1.29, 1.82) is 0 Å². The van der Waals surface area contributed by atoms with Gasteiger partial charge < -0.3 is 4.55 Å². The highest BCUT2D eigenvalue weighted by Gasteiger charge is 2.67. The molecule has 2 saturated carbocycles. The van der Waals surface area contributed by atoms with Crippen LogP contribution < -0.4 is 0 Å². The van der Waals surface area contributed by atoms with E-state index in [2.05, 4.69) is 0 Å². The van der Waals surface area contributed by atoms with Gasteiger partial charge in [-0.05, 0) is 54.3 Å². The van der Waals surface area contributed by atoms with Crippen LogP contribution in [-0.2, 0) is 30.6 Å². The molecule has 0 radical (unpaired) electrons. The Balaban J connectivity index is 0.000000203. The summed E-state index contributed by atoms with van der Waals surface area (Å²) in [6.45, 7) is 11.7. The highest BCUT2D eigenvalue weighted by atomic mass is 32.2. The van der Waals surface area contributed by atoms with Gasteiger partial charge in [-0.1, -0.05) is 41.5 Å². The van der Waals surface area contributed by atoms with Gasteiger partial charge in [-0.25, -0.2) is 8.42 Å². The summed E-state index contributed by atoms with van der Waals surface area (Å²) in [4.78, 5) is 23.7. The van der Waals surface area contributed by atoms with Gasteiger partial charge in [0.15, 0.2) is 17.3 Å². The molecule has 1 saturated heterocycles. The van der Waals surface area contributed by atoms with Crippen LogP contribution in [0.5, 0.6) is 0 Å². The van der Waals surface area contributed by atoms with E-state index >= 15 is 0 Å². The summed E-state index contributed by atoms with van der Waals surface area (Å²) in [6, 6.07) is 0. The second kappa shape index (κ2) is 8.03. The fraction of sp³-hybridized carbons (Fsp3) is 0.905. The average Bonchev–Trinajstić information content (AvgIpc) is 2.87. The third-order valence-electron chi connectivity index (χ3n) is 7.32. The molecule has 3 unspecified atom stereocenters. The first-order valence-electron chi connectivity index (χ1n) is 10.3. The second-order valence-electron chi connectivity index (χ2n) is 10.4. The lowest BCUT2D eigenvalue weighted by Gasteiger charge is -2.32. The molecule has 1 heterocycles. The molecule has 3 aliphatic rings. The van der Waals surface area contributed by atoms with Crippen LogP contribution in [0.3, 0.4) is 0 Å². The number of hydrogen-bond donors (Lipinski definition) is 0. The van der Waals surface area contributed by atoms with Gasteiger partial charge in [0.05, 0.1) is 0 Å². The Labute approximate surface area is 173 Å². The highest BCUT2D eigenvalue weighted by Crippen LogP contribution is 2.64. The third-order valence-corrected chi connectivity index (χ3v) is 10.9. The Morgan fingerprint density at radius 1 is 1.14 bits per heavy atom. The van der Waals surface area contributed by atoms with Crippen molar-refractivity contribution < 1.29 is 22.6 Å². The second-order valence-corrected chi connectivity index (χ2v) is 14.2. The van der Waals surface area contributed by atoms with E-state index in [1.807, 2.05) is 34.6 Å². The van der Waals surface area contributed by atoms with E-state index in [9.17, 15) is 22.6 Å². The lowest BCUT2D eigenvalue weighted by Crippen LogP contribution is -2.38. The first kappa shape index (κ1) is 23.9. The predicted molar refractivity (Wildman–Crippen MR) is 113 cm³/mol. The number of rotatable bonds is 3. The number of fused-ring (bicyclic) bond motifs is 2. The molecule has 0 spiro atoms. The molecule has 2 bridgehead atoms. The van der Waals surface area contributed by atoms with Gasteiger partial charge in [0.1, 0.15) is 26.9 Å². The van der Waals surface area contributed by atoms with E-state index in [1.165, 1.54) is 30.8 Å².